The highest BCUT2D eigenvalue weighted by molar-refractivity contribution is 6.30. The minimum absolute atomic E-state index is 0.0243. The SMILES string of the molecule is CCC1CCCCN1C(=O)c1cc(Nc2cccc(Cl)c2)ccn1. The maximum absolute atomic E-state index is 12.8. The van der Waals surface area contributed by atoms with E-state index in [1.165, 1.54) is 6.42 Å². The zero-order valence-corrected chi connectivity index (χ0v) is 14.6. The van der Waals surface area contributed by atoms with Gasteiger partial charge in [0, 0.05) is 35.2 Å². The Morgan fingerprint density at radius 1 is 1.29 bits per heavy atom. The van der Waals surface area contributed by atoms with Crippen LogP contribution in [0.25, 0.3) is 0 Å². The molecule has 0 bridgehead atoms. The Hall–Kier alpha value is -2.07. The Labute approximate surface area is 147 Å². The van der Waals surface area contributed by atoms with Crippen molar-refractivity contribution in [3.05, 3.63) is 53.3 Å². The average Bonchev–Trinajstić information content (AvgIpc) is 2.61. The molecule has 5 heteroatoms. The van der Waals surface area contributed by atoms with Crippen LogP contribution < -0.4 is 5.32 Å². The quantitative estimate of drug-likeness (QED) is 0.860. The third kappa shape index (κ3) is 3.88. The molecular formula is C19H22ClN3O. The maximum Gasteiger partial charge on any atom is 0.272 e. The number of piperidine rings is 1. The zero-order valence-electron chi connectivity index (χ0n) is 13.8. The van der Waals surface area contributed by atoms with Gasteiger partial charge in [0.15, 0.2) is 0 Å². The van der Waals surface area contributed by atoms with Crippen LogP contribution in [0.4, 0.5) is 11.4 Å². The lowest BCUT2D eigenvalue weighted by atomic mass is 9.99. The number of likely N-dealkylation sites (tertiary alicyclic amines) is 1. The van der Waals surface area contributed by atoms with Crippen LogP contribution in [0.15, 0.2) is 42.6 Å². The largest absolute Gasteiger partial charge is 0.355 e. The second kappa shape index (κ2) is 7.67. The lowest BCUT2D eigenvalue weighted by Gasteiger charge is -2.35. The molecule has 1 fully saturated rings. The molecule has 1 aliphatic rings. The Kier molecular flexibility index (Phi) is 5.36. The average molecular weight is 344 g/mol. The fourth-order valence-corrected chi connectivity index (χ4v) is 3.39. The predicted molar refractivity (Wildman–Crippen MR) is 97.9 cm³/mol. The van der Waals surface area contributed by atoms with Crippen LogP contribution in [0.2, 0.25) is 5.02 Å². The molecule has 1 amide bonds. The van der Waals surface area contributed by atoms with E-state index in [0.717, 1.165) is 37.2 Å². The molecule has 0 saturated carbocycles. The molecule has 0 radical (unpaired) electrons. The van der Waals surface area contributed by atoms with Crippen LogP contribution in [-0.4, -0.2) is 28.4 Å². The van der Waals surface area contributed by atoms with E-state index >= 15 is 0 Å². The number of amides is 1. The van der Waals surface area contributed by atoms with Crippen LogP contribution in [0, 0.1) is 0 Å². The van der Waals surface area contributed by atoms with Crippen LogP contribution >= 0.6 is 11.6 Å². The second-order valence-corrected chi connectivity index (χ2v) is 6.56. The number of carbonyl (C=O) groups excluding carboxylic acids is 1. The molecular weight excluding hydrogens is 322 g/mol. The summed E-state index contributed by atoms with van der Waals surface area (Å²) in [5.74, 6) is 0.0243. The third-order valence-electron chi connectivity index (χ3n) is 4.45. The van der Waals surface area contributed by atoms with Crippen molar-refractivity contribution in [2.24, 2.45) is 0 Å². The van der Waals surface area contributed by atoms with E-state index in [2.05, 4.69) is 17.2 Å². The number of hydrogen-bond donors (Lipinski definition) is 1. The number of nitrogens with zero attached hydrogens (tertiary/aromatic N) is 2. The number of aromatic nitrogens is 1. The van der Waals surface area contributed by atoms with Crippen molar-refractivity contribution in [3.8, 4) is 0 Å². The molecule has 2 aromatic rings. The summed E-state index contributed by atoms with van der Waals surface area (Å²) in [6.45, 7) is 2.96. The van der Waals surface area contributed by atoms with E-state index in [9.17, 15) is 4.79 Å². The Bertz CT molecular complexity index is 719. The highest BCUT2D eigenvalue weighted by atomic mass is 35.5. The Balaban J connectivity index is 1.78. The lowest BCUT2D eigenvalue weighted by Crippen LogP contribution is -2.43. The molecule has 0 spiro atoms. The summed E-state index contributed by atoms with van der Waals surface area (Å²) in [5, 5.41) is 3.94. The van der Waals surface area contributed by atoms with E-state index in [1.54, 1.807) is 6.20 Å². The summed E-state index contributed by atoms with van der Waals surface area (Å²) >= 11 is 6.01. The van der Waals surface area contributed by atoms with Gasteiger partial charge >= 0.3 is 0 Å². The number of anilines is 2. The van der Waals surface area contributed by atoms with Crippen LogP contribution in [0.3, 0.4) is 0 Å². The van der Waals surface area contributed by atoms with Crippen LogP contribution in [-0.2, 0) is 0 Å². The van der Waals surface area contributed by atoms with Gasteiger partial charge in [-0.2, -0.15) is 0 Å². The van der Waals surface area contributed by atoms with Gasteiger partial charge in [0.2, 0.25) is 0 Å². The molecule has 1 aliphatic heterocycles. The normalized spacial score (nSPS) is 17.6. The minimum atomic E-state index is 0.0243. The number of pyridine rings is 1. The van der Waals surface area contributed by atoms with Crippen molar-refractivity contribution < 1.29 is 4.79 Å². The van der Waals surface area contributed by atoms with Gasteiger partial charge in [-0.3, -0.25) is 9.78 Å². The van der Waals surface area contributed by atoms with Crippen molar-refractivity contribution in [1.82, 2.24) is 9.88 Å². The predicted octanol–water partition coefficient (Wildman–Crippen LogP) is 4.88. The van der Waals surface area contributed by atoms with Gasteiger partial charge in [-0.05, 0) is 56.0 Å². The van der Waals surface area contributed by atoms with Gasteiger partial charge in [0.1, 0.15) is 5.69 Å². The number of benzene rings is 1. The molecule has 4 nitrogen and oxygen atoms in total. The van der Waals surface area contributed by atoms with Crippen LogP contribution in [0.1, 0.15) is 43.1 Å². The molecule has 3 rings (SSSR count). The number of halogens is 1. The molecule has 2 heterocycles. The van der Waals surface area contributed by atoms with Crippen molar-refractivity contribution in [3.63, 3.8) is 0 Å². The van der Waals surface area contributed by atoms with Gasteiger partial charge in [0.25, 0.3) is 5.91 Å². The summed E-state index contributed by atoms with van der Waals surface area (Å²) in [6, 6.07) is 11.5. The minimum Gasteiger partial charge on any atom is -0.355 e. The van der Waals surface area contributed by atoms with Crippen molar-refractivity contribution in [2.45, 2.75) is 38.6 Å². The molecule has 1 saturated heterocycles. The van der Waals surface area contributed by atoms with Gasteiger partial charge < -0.3 is 10.2 Å². The monoisotopic (exact) mass is 343 g/mol. The molecule has 1 aromatic carbocycles. The third-order valence-corrected chi connectivity index (χ3v) is 4.69. The van der Waals surface area contributed by atoms with E-state index in [-0.39, 0.29) is 5.91 Å². The second-order valence-electron chi connectivity index (χ2n) is 6.12. The summed E-state index contributed by atoms with van der Waals surface area (Å²) in [4.78, 5) is 19.1. The lowest BCUT2D eigenvalue weighted by molar-refractivity contribution is 0.0602. The highest BCUT2D eigenvalue weighted by Gasteiger charge is 2.26. The number of nitrogens with one attached hydrogen (secondary N) is 1. The van der Waals surface area contributed by atoms with Crippen LogP contribution in [0.5, 0.6) is 0 Å². The molecule has 1 aromatic heterocycles. The first-order chi connectivity index (χ1) is 11.7. The fraction of sp³-hybridized carbons (Fsp3) is 0.368. The Morgan fingerprint density at radius 3 is 2.92 bits per heavy atom. The smallest absolute Gasteiger partial charge is 0.272 e. The molecule has 1 atom stereocenters. The first-order valence-electron chi connectivity index (χ1n) is 8.47. The number of hydrogen-bond acceptors (Lipinski definition) is 3. The van der Waals surface area contributed by atoms with E-state index < -0.39 is 0 Å². The zero-order chi connectivity index (χ0) is 16.9. The van der Waals surface area contributed by atoms with Gasteiger partial charge in [-0.1, -0.05) is 24.6 Å². The van der Waals surface area contributed by atoms with E-state index in [4.69, 9.17) is 11.6 Å². The molecule has 126 valence electrons. The van der Waals surface area contributed by atoms with Crippen molar-refractivity contribution >= 4 is 28.9 Å². The van der Waals surface area contributed by atoms with Crippen molar-refractivity contribution in [1.29, 1.82) is 0 Å². The highest BCUT2D eigenvalue weighted by Crippen LogP contribution is 2.23. The summed E-state index contributed by atoms with van der Waals surface area (Å²) in [7, 11) is 0. The van der Waals surface area contributed by atoms with Crippen molar-refractivity contribution in [2.75, 3.05) is 11.9 Å². The maximum atomic E-state index is 12.8. The van der Waals surface area contributed by atoms with E-state index in [1.807, 2.05) is 41.3 Å². The summed E-state index contributed by atoms with van der Waals surface area (Å²) in [5.41, 5.74) is 2.21. The van der Waals surface area contributed by atoms with Gasteiger partial charge in [0.05, 0.1) is 0 Å². The topological polar surface area (TPSA) is 45.2 Å². The standard InChI is InChI=1S/C19H22ClN3O/c1-2-17-8-3-4-11-23(17)19(24)18-13-16(9-10-21-18)22-15-7-5-6-14(20)12-15/h5-7,9-10,12-13,17H,2-4,8,11H2,1H3,(H,21,22). The molecule has 24 heavy (non-hydrogen) atoms. The van der Waals surface area contributed by atoms with E-state index in [0.29, 0.717) is 16.8 Å². The first kappa shape index (κ1) is 16.8. The fourth-order valence-electron chi connectivity index (χ4n) is 3.20. The molecule has 1 N–H and O–H groups in total. The summed E-state index contributed by atoms with van der Waals surface area (Å²) < 4.78 is 0. The van der Waals surface area contributed by atoms with Gasteiger partial charge in [-0.25, -0.2) is 0 Å². The molecule has 0 aliphatic carbocycles. The number of rotatable bonds is 4. The molecule has 1 unspecified atom stereocenters. The first-order valence-corrected chi connectivity index (χ1v) is 8.85. The Morgan fingerprint density at radius 2 is 2.12 bits per heavy atom. The summed E-state index contributed by atoms with van der Waals surface area (Å²) in [6.07, 6.45) is 6.02. The number of carbonyl (C=O) groups is 1. The van der Waals surface area contributed by atoms with Gasteiger partial charge in [-0.15, -0.1) is 0 Å².